The molecule has 4 fully saturated rings. The van der Waals surface area contributed by atoms with Crippen LogP contribution in [0.2, 0.25) is 0 Å². The Morgan fingerprint density at radius 1 is 1.15 bits per heavy atom. The van der Waals surface area contributed by atoms with Crippen molar-refractivity contribution in [1.82, 2.24) is 9.80 Å². The van der Waals surface area contributed by atoms with Crippen LogP contribution in [0, 0.1) is 33.5 Å². The molecule has 210 valence electrons. The summed E-state index contributed by atoms with van der Waals surface area (Å²) in [6.45, 7) is 7.66. The molecule has 9 unspecified atom stereocenters. The third-order valence-corrected chi connectivity index (χ3v) is 12.0. The summed E-state index contributed by atoms with van der Waals surface area (Å²) in [5.74, 6) is -1.20. The van der Waals surface area contributed by atoms with Gasteiger partial charge in [0, 0.05) is 45.1 Å². The number of allylic oxidation sites excluding steroid dienone is 4. The normalized spacial score (nSPS) is 46.7. The van der Waals surface area contributed by atoms with Crippen molar-refractivity contribution in [2.75, 3.05) is 27.2 Å². The fourth-order valence-corrected chi connectivity index (χ4v) is 10.1. The lowest BCUT2D eigenvalue weighted by Gasteiger charge is -2.67. The van der Waals surface area contributed by atoms with E-state index in [4.69, 9.17) is 0 Å². The Bertz CT molecular complexity index is 1280. The number of fused-ring (bicyclic) bond motifs is 7. The van der Waals surface area contributed by atoms with E-state index in [0.717, 1.165) is 0 Å². The minimum atomic E-state index is -2.16. The van der Waals surface area contributed by atoms with Gasteiger partial charge in [0.05, 0.1) is 11.5 Å². The molecule has 1 aliphatic heterocycles. The number of halogens is 2. The lowest BCUT2D eigenvalue weighted by atomic mass is 9.38. The largest absolute Gasteiger partial charge is 0.390 e. The number of carbonyl (C=O) groups is 2. The lowest BCUT2D eigenvalue weighted by molar-refractivity contribution is -0.243. The summed E-state index contributed by atoms with van der Waals surface area (Å²) in [4.78, 5) is 30.4. The van der Waals surface area contributed by atoms with E-state index in [9.17, 15) is 14.7 Å². The van der Waals surface area contributed by atoms with Crippen LogP contribution in [0.4, 0.5) is 8.78 Å². The molecule has 1 amide bonds. The van der Waals surface area contributed by atoms with E-state index in [1.165, 1.54) is 23.8 Å². The predicted molar refractivity (Wildman–Crippen MR) is 145 cm³/mol. The first-order chi connectivity index (χ1) is 18.2. The Balaban J connectivity index is 1.46. The number of nitrogens with zero attached hydrogens (tertiary/aromatic N) is 2. The topological polar surface area (TPSA) is 60.9 Å². The Morgan fingerprint density at radius 3 is 2.51 bits per heavy atom. The molecule has 0 spiro atoms. The molecule has 1 aromatic carbocycles. The summed E-state index contributed by atoms with van der Waals surface area (Å²) in [5, 5.41) is 11.8. The van der Waals surface area contributed by atoms with Gasteiger partial charge in [-0.15, -0.1) is 0 Å². The molecule has 9 atom stereocenters. The number of alkyl halides is 2. The average Bonchev–Trinajstić information content (AvgIpc) is 3.32. The van der Waals surface area contributed by atoms with Crippen LogP contribution in [0.3, 0.4) is 0 Å². The Morgan fingerprint density at radius 2 is 1.85 bits per heavy atom. The number of carbonyl (C=O) groups excluding carboxylic acids is 2. The van der Waals surface area contributed by atoms with Crippen molar-refractivity contribution < 1.29 is 23.5 Å². The smallest absolute Gasteiger partial charge is 0.230 e. The van der Waals surface area contributed by atoms with Crippen molar-refractivity contribution in [3.8, 4) is 0 Å². The first-order valence-electron chi connectivity index (χ1n) is 14.2. The standard InChI is InChI=1S/C32H40F2N2O3/c1-28-12-11-22(37)13-23(28)24(33)14-25-29(2)15-21-18-36(17-20-9-7-6-8-10-20)19-31(21,27(39)35(4)5)30(29,3)16-26(38)32(25,28)34/h6-13,21,24-26,38H,14-19H2,1-5H3. The van der Waals surface area contributed by atoms with Crippen LogP contribution in [0.1, 0.15) is 45.6 Å². The fraction of sp³-hybridized carbons (Fsp3) is 0.625. The van der Waals surface area contributed by atoms with Crippen molar-refractivity contribution in [2.45, 2.75) is 64.5 Å². The van der Waals surface area contributed by atoms with E-state index in [0.29, 0.717) is 26.1 Å². The minimum Gasteiger partial charge on any atom is -0.390 e. The highest BCUT2D eigenvalue weighted by atomic mass is 19.1. The second-order valence-corrected chi connectivity index (χ2v) is 13.8. The highest BCUT2D eigenvalue weighted by Gasteiger charge is 2.82. The first kappa shape index (κ1) is 26.8. The number of aliphatic hydroxyl groups excluding tert-OH is 1. The van der Waals surface area contributed by atoms with Crippen LogP contribution in [-0.2, 0) is 16.1 Å². The quantitative estimate of drug-likeness (QED) is 0.615. The summed E-state index contributed by atoms with van der Waals surface area (Å²) in [5.41, 5.74) is -4.61. The van der Waals surface area contributed by atoms with Crippen LogP contribution >= 0.6 is 0 Å². The number of rotatable bonds is 3. The van der Waals surface area contributed by atoms with Gasteiger partial charge in [0.15, 0.2) is 11.5 Å². The van der Waals surface area contributed by atoms with Crippen molar-refractivity contribution in [3.63, 3.8) is 0 Å². The highest BCUT2D eigenvalue weighted by Crippen LogP contribution is 2.79. The molecule has 0 bridgehead atoms. The van der Waals surface area contributed by atoms with Gasteiger partial charge in [-0.1, -0.05) is 50.3 Å². The molecular formula is C32H40F2N2O3. The number of hydrogen-bond donors (Lipinski definition) is 1. The molecule has 0 aromatic heterocycles. The SMILES string of the molecule is CN(C)C(=O)C12CN(Cc3ccccc3)CC1CC1(C)C3CC(F)C4=CC(=O)C=CC4(C)C3(F)C(O)CC12C. The van der Waals surface area contributed by atoms with Crippen molar-refractivity contribution in [2.24, 2.45) is 33.5 Å². The number of amides is 1. The van der Waals surface area contributed by atoms with E-state index in [1.807, 2.05) is 25.1 Å². The molecule has 7 heteroatoms. The molecular weight excluding hydrogens is 498 g/mol. The molecule has 39 heavy (non-hydrogen) atoms. The average molecular weight is 539 g/mol. The summed E-state index contributed by atoms with van der Waals surface area (Å²) in [7, 11) is 3.54. The number of likely N-dealkylation sites (tertiary alicyclic amines) is 1. The van der Waals surface area contributed by atoms with Gasteiger partial charge in [0.2, 0.25) is 5.91 Å². The zero-order chi connectivity index (χ0) is 28.2. The summed E-state index contributed by atoms with van der Waals surface area (Å²) >= 11 is 0. The molecule has 5 nitrogen and oxygen atoms in total. The van der Waals surface area contributed by atoms with E-state index in [2.05, 4.69) is 24.0 Å². The molecule has 3 saturated carbocycles. The van der Waals surface area contributed by atoms with Crippen LogP contribution in [0.15, 0.2) is 54.1 Å². The number of ketones is 1. The van der Waals surface area contributed by atoms with Crippen molar-refractivity contribution >= 4 is 11.7 Å². The molecule has 1 saturated heterocycles. The fourth-order valence-electron chi connectivity index (χ4n) is 10.1. The zero-order valence-corrected chi connectivity index (χ0v) is 23.6. The molecule has 1 aromatic rings. The Kier molecular flexibility index (Phi) is 5.72. The Hall–Kier alpha value is -2.38. The number of hydrogen-bond acceptors (Lipinski definition) is 4. The molecule has 6 rings (SSSR count). The van der Waals surface area contributed by atoms with Gasteiger partial charge in [-0.25, -0.2) is 8.78 Å². The van der Waals surface area contributed by atoms with Gasteiger partial charge < -0.3 is 10.0 Å². The van der Waals surface area contributed by atoms with Gasteiger partial charge in [-0.05, 0) is 66.2 Å². The zero-order valence-electron chi connectivity index (χ0n) is 23.6. The predicted octanol–water partition coefficient (Wildman–Crippen LogP) is 4.51. The Labute approximate surface area is 229 Å². The second kappa shape index (κ2) is 8.32. The van der Waals surface area contributed by atoms with Gasteiger partial charge in [0.1, 0.15) is 6.17 Å². The maximum atomic E-state index is 17.8. The van der Waals surface area contributed by atoms with E-state index in [-0.39, 0.29) is 36.0 Å². The third-order valence-electron chi connectivity index (χ3n) is 12.0. The minimum absolute atomic E-state index is 0.00964. The van der Waals surface area contributed by atoms with Gasteiger partial charge in [-0.2, -0.15) is 0 Å². The summed E-state index contributed by atoms with van der Waals surface area (Å²) in [6, 6.07) is 10.2. The van der Waals surface area contributed by atoms with Gasteiger partial charge in [-0.3, -0.25) is 14.5 Å². The summed E-state index contributed by atoms with van der Waals surface area (Å²) in [6.07, 6.45) is 1.71. The maximum absolute atomic E-state index is 17.8. The van der Waals surface area contributed by atoms with Crippen LogP contribution < -0.4 is 0 Å². The third kappa shape index (κ3) is 3.12. The highest BCUT2D eigenvalue weighted by molar-refractivity contribution is 6.01. The van der Waals surface area contributed by atoms with E-state index < -0.39 is 45.5 Å². The lowest BCUT2D eigenvalue weighted by Crippen LogP contribution is -2.72. The van der Waals surface area contributed by atoms with Crippen LogP contribution in [0.25, 0.3) is 0 Å². The van der Waals surface area contributed by atoms with Crippen LogP contribution in [0.5, 0.6) is 0 Å². The molecule has 5 aliphatic rings. The molecule has 1 heterocycles. The van der Waals surface area contributed by atoms with Gasteiger partial charge >= 0.3 is 0 Å². The molecule has 0 radical (unpaired) electrons. The van der Waals surface area contributed by atoms with E-state index in [1.54, 1.807) is 25.9 Å². The molecule has 4 aliphatic carbocycles. The molecule has 1 N–H and O–H groups in total. The number of benzene rings is 1. The van der Waals surface area contributed by atoms with Crippen molar-refractivity contribution in [1.29, 1.82) is 0 Å². The van der Waals surface area contributed by atoms with Crippen LogP contribution in [-0.4, -0.2) is 71.7 Å². The van der Waals surface area contributed by atoms with Gasteiger partial charge in [0.25, 0.3) is 0 Å². The maximum Gasteiger partial charge on any atom is 0.230 e. The second-order valence-electron chi connectivity index (χ2n) is 13.8. The van der Waals surface area contributed by atoms with Crippen molar-refractivity contribution in [3.05, 3.63) is 59.7 Å². The summed E-state index contributed by atoms with van der Waals surface area (Å²) < 4.78 is 33.7. The first-order valence-corrected chi connectivity index (χ1v) is 14.2. The monoisotopic (exact) mass is 538 g/mol. The number of aliphatic hydroxyl groups is 1. The van der Waals surface area contributed by atoms with E-state index >= 15 is 8.78 Å².